The van der Waals surface area contributed by atoms with Crippen molar-refractivity contribution in [1.82, 2.24) is 9.97 Å². The van der Waals surface area contributed by atoms with E-state index in [1.807, 2.05) is 6.92 Å². The highest BCUT2D eigenvalue weighted by atomic mass is 19.4. The Labute approximate surface area is 110 Å². The molecule has 1 aromatic rings. The van der Waals surface area contributed by atoms with E-state index in [9.17, 15) is 13.2 Å². The van der Waals surface area contributed by atoms with E-state index < -0.39 is 12.0 Å². The van der Waals surface area contributed by atoms with Crippen molar-refractivity contribution >= 4 is 11.6 Å². The molecule has 0 radical (unpaired) electrons. The Morgan fingerprint density at radius 1 is 1.32 bits per heavy atom. The Kier molecular flexibility index (Phi) is 5.38. The third-order valence-electron chi connectivity index (χ3n) is 2.63. The first kappa shape index (κ1) is 15.5. The van der Waals surface area contributed by atoms with Gasteiger partial charge in [-0.15, -0.1) is 0 Å². The van der Waals surface area contributed by atoms with Crippen LogP contribution in [-0.4, -0.2) is 16.0 Å². The van der Waals surface area contributed by atoms with Crippen LogP contribution in [-0.2, 0) is 6.18 Å². The van der Waals surface area contributed by atoms with Crippen LogP contribution in [0.3, 0.4) is 0 Å². The molecule has 0 saturated heterocycles. The zero-order valence-electron chi connectivity index (χ0n) is 11.1. The highest BCUT2D eigenvalue weighted by Crippen LogP contribution is 2.27. The summed E-state index contributed by atoms with van der Waals surface area (Å²) >= 11 is 0. The number of nitrogens with one attached hydrogen (secondary N) is 1. The Morgan fingerprint density at radius 3 is 2.58 bits per heavy atom. The normalized spacial score (nSPS) is 13.3. The summed E-state index contributed by atoms with van der Waals surface area (Å²) in [6, 6.07) is 1.35. The maximum atomic E-state index is 12.5. The molecule has 108 valence electrons. The van der Waals surface area contributed by atoms with Gasteiger partial charge in [-0.2, -0.15) is 13.2 Å². The van der Waals surface area contributed by atoms with Crippen LogP contribution in [0.25, 0.3) is 0 Å². The van der Waals surface area contributed by atoms with Crippen molar-refractivity contribution in [3.8, 4) is 0 Å². The van der Waals surface area contributed by atoms with Crippen molar-refractivity contribution in [3.05, 3.63) is 11.9 Å². The van der Waals surface area contributed by atoms with E-state index in [1.54, 1.807) is 0 Å². The topological polar surface area (TPSA) is 63.8 Å². The van der Waals surface area contributed by atoms with Gasteiger partial charge in [-0.3, -0.25) is 0 Å². The van der Waals surface area contributed by atoms with Gasteiger partial charge in [0.05, 0.1) is 0 Å². The van der Waals surface area contributed by atoms with E-state index in [2.05, 4.69) is 22.2 Å². The SMILES string of the molecule is CCCCCC(C)Nc1cc(N)nc(C(F)(F)F)n1. The molecule has 0 aliphatic heterocycles. The average Bonchev–Trinajstić information content (AvgIpc) is 2.27. The standard InChI is InChI=1S/C12H19F3N4/c1-3-4-5-6-8(2)17-10-7-9(16)18-11(19-10)12(13,14)15/h7-8H,3-6H2,1-2H3,(H3,16,17,18,19). The van der Waals surface area contributed by atoms with Gasteiger partial charge in [-0.05, 0) is 13.3 Å². The maximum Gasteiger partial charge on any atom is 0.451 e. The minimum absolute atomic E-state index is 0.0435. The zero-order valence-corrected chi connectivity index (χ0v) is 11.1. The molecule has 0 spiro atoms. The molecule has 4 nitrogen and oxygen atoms in total. The van der Waals surface area contributed by atoms with Gasteiger partial charge in [0.1, 0.15) is 11.6 Å². The summed E-state index contributed by atoms with van der Waals surface area (Å²) in [4.78, 5) is 6.64. The van der Waals surface area contributed by atoms with E-state index in [0.29, 0.717) is 0 Å². The highest BCUT2D eigenvalue weighted by molar-refractivity contribution is 5.45. The van der Waals surface area contributed by atoms with Crippen LogP contribution >= 0.6 is 0 Å². The van der Waals surface area contributed by atoms with Crippen molar-refractivity contribution in [2.45, 2.75) is 51.7 Å². The molecular weight excluding hydrogens is 257 g/mol. The second-order valence-electron chi connectivity index (χ2n) is 4.54. The summed E-state index contributed by atoms with van der Waals surface area (Å²) in [6.07, 6.45) is -0.481. The van der Waals surface area contributed by atoms with Crippen LogP contribution in [0.1, 0.15) is 45.4 Å². The predicted octanol–water partition coefficient (Wildman–Crippen LogP) is 3.46. The Balaban J connectivity index is 2.70. The summed E-state index contributed by atoms with van der Waals surface area (Å²) in [5.74, 6) is -1.29. The molecule has 0 aliphatic carbocycles. The lowest BCUT2D eigenvalue weighted by Gasteiger charge is -2.15. The third-order valence-corrected chi connectivity index (χ3v) is 2.63. The molecule has 0 saturated carbocycles. The van der Waals surface area contributed by atoms with Crippen LogP contribution in [0.2, 0.25) is 0 Å². The van der Waals surface area contributed by atoms with Gasteiger partial charge < -0.3 is 11.1 Å². The van der Waals surface area contributed by atoms with E-state index >= 15 is 0 Å². The Hall–Kier alpha value is -1.53. The van der Waals surface area contributed by atoms with Gasteiger partial charge in [-0.1, -0.05) is 26.2 Å². The molecule has 0 aromatic carbocycles. The molecule has 0 amide bonds. The van der Waals surface area contributed by atoms with Crippen molar-refractivity contribution in [2.24, 2.45) is 0 Å². The molecule has 1 rings (SSSR count). The number of nitrogen functional groups attached to an aromatic ring is 1. The molecule has 0 bridgehead atoms. The second-order valence-corrected chi connectivity index (χ2v) is 4.54. The minimum atomic E-state index is -4.59. The molecule has 1 unspecified atom stereocenters. The van der Waals surface area contributed by atoms with E-state index in [0.717, 1.165) is 25.7 Å². The largest absolute Gasteiger partial charge is 0.451 e. The van der Waals surface area contributed by atoms with Crippen molar-refractivity contribution in [2.75, 3.05) is 11.1 Å². The van der Waals surface area contributed by atoms with Crippen LogP contribution in [0.5, 0.6) is 0 Å². The fraction of sp³-hybridized carbons (Fsp3) is 0.667. The number of rotatable bonds is 6. The lowest BCUT2D eigenvalue weighted by molar-refractivity contribution is -0.144. The number of hydrogen-bond donors (Lipinski definition) is 2. The molecule has 7 heteroatoms. The van der Waals surface area contributed by atoms with Gasteiger partial charge in [-0.25, -0.2) is 9.97 Å². The molecule has 3 N–H and O–H groups in total. The lowest BCUT2D eigenvalue weighted by Crippen LogP contribution is -2.19. The van der Waals surface area contributed by atoms with Gasteiger partial charge in [0.25, 0.3) is 0 Å². The molecule has 1 heterocycles. The number of alkyl halides is 3. The van der Waals surface area contributed by atoms with Crippen LogP contribution < -0.4 is 11.1 Å². The Bertz CT molecular complexity index is 406. The minimum Gasteiger partial charge on any atom is -0.384 e. The monoisotopic (exact) mass is 276 g/mol. The molecular formula is C12H19F3N4. The predicted molar refractivity (Wildman–Crippen MR) is 68.7 cm³/mol. The second kappa shape index (κ2) is 6.58. The maximum absolute atomic E-state index is 12.5. The molecule has 1 atom stereocenters. The fourth-order valence-electron chi connectivity index (χ4n) is 1.69. The molecule has 0 aliphatic rings. The zero-order chi connectivity index (χ0) is 14.5. The highest BCUT2D eigenvalue weighted by Gasteiger charge is 2.35. The number of nitrogens with two attached hydrogens (primary N) is 1. The van der Waals surface area contributed by atoms with E-state index in [1.165, 1.54) is 6.07 Å². The summed E-state index contributed by atoms with van der Waals surface area (Å²) in [7, 11) is 0. The summed E-state index contributed by atoms with van der Waals surface area (Å²) in [6.45, 7) is 4.00. The first-order valence-corrected chi connectivity index (χ1v) is 6.31. The molecule has 1 aromatic heterocycles. The van der Waals surface area contributed by atoms with Crippen molar-refractivity contribution < 1.29 is 13.2 Å². The summed E-state index contributed by atoms with van der Waals surface area (Å²) in [5.41, 5.74) is 5.36. The van der Waals surface area contributed by atoms with Gasteiger partial charge in [0, 0.05) is 12.1 Å². The summed E-state index contributed by atoms with van der Waals surface area (Å²) in [5, 5.41) is 2.92. The number of anilines is 2. The third kappa shape index (κ3) is 5.32. The first-order valence-electron chi connectivity index (χ1n) is 6.31. The molecule has 0 fully saturated rings. The number of hydrogen-bond acceptors (Lipinski definition) is 4. The van der Waals surface area contributed by atoms with Crippen LogP contribution in [0, 0.1) is 0 Å². The van der Waals surface area contributed by atoms with Gasteiger partial charge in [0.2, 0.25) is 5.82 Å². The average molecular weight is 276 g/mol. The number of aromatic nitrogens is 2. The van der Waals surface area contributed by atoms with Crippen LogP contribution in [0.4, 0.5) is 24.8 Å². The quantitative estimate of drug-likeness (QED) is 0.781. The van der Waals surface area contributed by atoms with Gasteiger partial charge in [0.15, 0.2) is 0 Å². The number of nitrogens with zero attached hydrogens (tertiary/aromatic N) is 2. The smallest absolute Gasteiger partial charge is 0.384 e. The first-order chi connectivity index (χ1) is 8.82. The lowest BCUT2D eigenvalue weighted by atomic mass is 10.1. The number of halogens is 3. The van der Waals surface area contributed by atoms with Gasteiger partial charge >= 0.3 is 6.18 Å². The summed E-state index contributed by atoms with van der Waals surface area (Å²) < 4.78 is 37.6. The van der Waals surface area contributed by atoms with E-state index in [-0.39, 0.29) is 17.7 Å². The molecule has 19 heavy (non-hydrogen) atoms. The Morgan fingerprint density at radius 2 is 2.00 bits per heavy atom. The van der Waals surface area contributed by atoms with Crippen molar-refractivity contribution in [3.63, 3.8) is 0 Å². The van der Waals surface area contributed by atoms with Crippen LogP contribution in [0.15, 0.2) is 6.07 Å². The fourth-order valence-corrected chi connectivity index (χ4v) is 1.69. The number of unbranched alkanes of at least 4 members (excludes halogenated alkanes) is 2. The van der Waals surface area contributed by atoms with Crippen molar-refractivity contribution in [1.29, 1.82) is 0 Å². The van der Waals surface area contributed by atoms with E-state index in [4.69, 9.17) is 5.73 Å².